The zero-order valence-electron chi connectivity index (χ0n) is 28.4. The van der Waals surface area contributed by atoms with Crippen LogP contribution in [0.4, 0.5) is 5.69 Å². The number of hydrogen-bond acceptors (Lipinski definition) is 7. The SMILES string of the molecule is COc1ccc([C@@H]2C(C(=O)Nc3ccccc3C)=C(C)N=c3s/c(=C\c4c(OCc5ccc(Cl)cc5)ccc5ccccc45)c(=O)n32)cc1OC. The van der Waals surface area contributed by atoms with E-state index in [2.05, 4.69) is 5.32 Å². The van der Waals surface area contributed by atoms with E-state index in [9.17, 15) is 9.59 Å². The first-order valence-corrected chi connectivity index (χ1v) is 17.5. The van der Waals surface area contributed by atoms with Gasteiger partial charge in [-0.2, -0.15) is 0 Å². The highest BCUT2D eigenvalue weighted by atomic mass is 35.5. The van der Waals surface area contributed by atoms with Gasteiger partial charge in [-0.1, -0.05) is 89.7 Å². The lowest BCUT2D eigenvalue weighted by Crippen LogP contribution is -2.40. The number of fused-ring (bicyclic) bond motifs is 2. The molecule has 1 N–H and O–H groups in total. The number of halogens is 1. The normalized spacial score (nSPS) is 14.2. The number of nitrogens with zero attached hydrogens (tertiary/aromatic N) is 2. The molecule has 2 heterocycles. The summed E-state index contributed by atoms with van der Waals surface area (Å²) in [7, 11) is 3.11. The van der Waals surface area contributed by atoms with Crippen LogP contribution < -0.4 is 34.4 Å². The standard InChI is InChI=1S/C41H34ClN3O5S/c1-24-9-5-8-12-32(24)44-39(46)37-25(2)43-41-45(38(37)28-16-20-34(48-3)35(21-28)49-4)40(47)36(51-41)22-31-30-11-7-6-10-27(30)15-19-33(31)50-23-26-13-17-29(42)18-14-26/h5-22,38H,23H2,1-4H3,(H,44,46)/b36-22-/t38-/m1/s1. The van der Waals surface area contributed by atoms with Crippen LogP contribution in [0.25, 0.3) is 16.8 Å². The van der Waals surface area contributed by atoms with E-state index in [1.165, 1.54) is 11.3 Å². The zero-order valence-corrected chi connectivity index (χ0v) is 30.0. The Hall–Kier alpha value is -5.64. The smallest absolute Gasteiger partial charge is 0.271 e. The van der Waals surface area contributed by atoms with E-state index in [1.807, 2.05) is 104 Å². The highest BCUT2D eigenvalue weighted by molar-refractivity contribution is 7.07. The molecule has 0 unspecified atom stereocenters. The third-order valence-corrected chi connectivity index (χ3v) is 10.1. The van der Waals surface area contributed by atoms with Crippen LogP contribution in [0.3, 0.4) is 0 Å². The summed E-state index contributed by atoms with van der Waals surface area (Å²) < 4.78 is 19.6. The second-order valence-corrected chi connectivity index (χ2v) is 13.5. The fourth-order valence-corrected chi connectivity index (χ4v) is 7.43. The van der Waals surface area contributed by atoms with Gasteiger partial charge in [0.15, 0.2) is 16.3 Å². The number of allylic oxidation sites excluding steroid dienone is 1. The largest absolute Gasteiger partial charge is 0.493 e. The van der Waals surface area contributed by atoms with Crippen molar-refractivity contribution in [1.29, 1.82) is 0 Å². The number of benzene rings is 5. The van der Waals surface area contributed by atoms with Crippen LogP contribution in [0.5, 0.6) is 17.2 Å². The lowest BCUT2D eigenvalue weighted by atomic mass is 9.94. The van der Waals surface area contributed by atoms with Crippen molar-refractivity contribution < 1.29 is 19.0 Å². The van der Waals surface area contributed by atoms with Crippen LogP contribution in [0.1, 0.15) is 35.2 Å². The van der Waals surface area contributed by atoms with Crippen molar-refractivity contribution in [3.8, 4) is 17.2 Å². The molecule has 0 radical (unpaired) electrons. The first kappa shape index (κ1) is 33.8. The van der Waals surface area contributed by atoms with E-state index in [0.29, 0.717) is 60.7 Å². The molecule has 1 aromatic heterocycles. The van der Waals surface area contributed by atoms with Crippen molar-refractivity contribution in [1.82, 2.24) is 4.57 Å². The Morgan fingerprint density at radius 1 is 0.902 bits per heavy atom. The number of thiazole rings is 1. The predicted octanol–water partition coefficient (Wildman–Crippen LogP) is 7.59. The molecular formula is C41H34ClN3O5S. The molecule has 1 amide bonds. The minimum absolute atomic E-state index is 0.288. The third-order valence-electron chi connectivity index (χ3n) is 8.90. The maximum Gasteiger partial charge on any atom is 0.271 e. The number of carbonyl (C=O) groups excluding carboxylic acids is 1. The minimum atomic E-state index is -0.805. The molecular weight excluding hydrogens is 682 g/mol. The number of amides is 1. The molecule has 51 heavy (non-hydrogen) atoms. The van der Waals surface area contributed by atoms with Gasteiger partial charge in [0.25, 0.3) is 11.5 Å². The van der Waals surface area contributed by atoms with E-state index >= 15 is 0 Å². The molecule has 256 valence electrons. The molecule has 5 aromatic carbocycles. The molecule has 7 rings (SSSR count). The molecule has 0 fully saturated rings. The van der Waals surface area contributed by atoms with E-state index in [-0.39, 0.29) is 11.5 Å². The number of para-hydroxylation sites is 1. The number of anilines is 1. The molecule has 0 saturated carbocycles. The number of aryl methyl sites for hydroxylation is 1. The summed E-state index contributed by atoms with van der Waals surface area (Å²) in [4.78, 5) is 34.1. The second kappa shape index (κ2) is 14.3. The average Bonchev–Trinajstić information content (AvgIpc) is 3.45. The van der Waals surface area contributed by atoms with Gasteiger partial charge in [-0.25, -0.2) is 4.99 Å². The quantitative estimate of drug-likeness (QED) is 0.167. The van der Waals surface area contributed by atoms with Crippen molar-refractivity contribution in [2.75, 3.05) is 19.5 Å². The maximum atomic E-state index is 14.6. The van der Waals surface area contributed by atoms with Gasteiger partial charge < -0.3 is 19.5 Å². The Morgan fingerprint density at radius 2 is 1.63 bits per heavy atom. The molecule has 0 saturated heterocycles. The Labute approximate surface area is 303 Å². The van der Waals surface area contributed by atoms with Crippen LogP contribution in [-0.2, 0) is 11.4 Å². The third kappa shape index (κ3) is 6.66. The lowest BCUT2D eigenvalue weighted by molar-refractivity contribution is -0.113. The van der Waals surface area contributed by atoms with Crippen LogP contribution in [-0.4, -0.2) is 24.7 Å². The monoisotopic (exact) mass is 715 g/mol. The maximum absolute atomic E-state index is 14.6. The average molecular weight is 716 g/mol. The highest BCUT2D eigenvalue weighted by Gasteiger charge is 2.33. The first-order chi connectivity index (χ1) is 24.7. The van der Waals surface area contributed by atoms with Gasteiger partial charge in [0.2, 0.25) is 0 Å². The van der Waals surface area contributed by atoms with Crippen molar-refractivity contribution in [2.45, 2.75) is 26.5 Å². The Bertz CT molecular complexity index is 2520. The first-order valence-electron chi connectivity index (χ1n) is 16.3. The van der Waals surface area contributed by atoms with Crippen molar-refractivity contribution >= 4 is 51.4 Å². The molecule has 1 aliphatic rings. The number of hydrogen-bond donors (Lipinski definition) is 1. The van der Waals surface area contributed by atoms with Crippen molar-refractivity contribution in [3.63, 3.8) is 0 Å². The number of methoxy groups -OCH3 is 2. The van der Waals surface area contributed by atoms with E-state index in [1.54, 1.807) is 37.8 Å². The van der Waals surface area contributed by atoms with E-state index in [4.69, 9.17) is 30.8 Å². The molecule has 0 spiro atoms. The molecule has 1 atom stereocenters. The van der Waals surface area contributed by atoms with Gasteiger partial charge in [-0.3, -0.25) is 14.2 Å². The van der Waals surface area contributed by atoms with E-state index in [0.717, 1.165) is 27.5 Å². The summed E-state index contributed by atoms with van der Waals surface area (Å²) in [6, 6.07) is 31.6. The van der Waals surface area contributed by atoms with Crippen molar-refractivity contribution in [2.24, 2.45) is 4.99 Å². The Balaban J connectivity index is 1.39. The highest BCUT2D eigenvalue weighted by Crippen LogP contribution is 2.36. The predicted molar refractivity (Wildman–Crippen MR) is 203 cm³/mol. The van der Waals surface area contributed by atoms with Crippen LogP contribution >= 0.6 is 22.9 Å². The number of aromatic nitrogens is 1. The Morgan fingerprint density at radius 3 is 2.39 bits per heavy atom. The summed E-state index contributed by atoms with van der Waals surface area (Å²) in [6.45, 7) is 4.04. The molecule has 8 nitrogen and oxygen atoms in total. The number of rotatable bonds is 9. The number of ether oxygens (including phenoxy) is 3. The van der Waals surface area contributed by atoms with Crippen LogP contribution in [0, 0.1) is 6.92 Å². The summed E-state index contributed by atoms with van der Waals surface area (Å²) in [5.41, 5.74) is 4.54. The Kier molecular flexibility index (Phi) is 9.49. The fraction of sp³-hybridized carbons (Fsp3) is 0.146. The van der Waals surface area contributed by atoms with Gasteiger partial charge in [0, 0.05) is 16.3 Å². The van der Waals surface area contributed by atoms with Gasteiger partial charge in [0.05, 0.1) is 36.1 Å². The molecule has 1 aliphatic heterocycles. The van der Waals surface area contributed by atoms with Crippen molar-refractivity contribution in [3.05, 3.63) is 161 Å². The van der Waals surface area contributed by atoms with E-state index < -0.39 is 6.04 Å². The topological polar surface area (TPSA) is 91.2 Å². The molecule has 6 aromatic rings. The summed E-state index contributed by atoms with van der Waals surface area (Å²) in [5.74, 6) is 1.28. The van der Waals surface area contributed by atoms with Gasteiger partial charge in [0.1, 0.15) is 12.4 Å². The molecule has 0 aliphatic carbocycles. The van der Waals surface area contributed by atoms with Crippen LogP contribution in [0.15, 0.2) is 124 Å². The summed E-state index contributed by atoms with van der Waals surface area (Å²) >= 11 is 7.37. The zero-order chi connectivity index (χ0) is 35.6. The number of nitrogens with one attached hydrogen (secondary N) is 1. The van der Waals surface area contributed by atoms with Crippen LogP contribution in [0.2, 0.25) is 5.02 Å². The lowest BCUT2D eigenvalue weighted by Gasteiger charge is -2.26. The summed E-state index contributed by atoms with van der Waals surface area (Å²) in [6.07, 6.45) is 1.86. The number of carbonyl (C=O) groups is 1. The van der Waals surface area contributed by atoms with Gasteiger partial charge in [-0.05, 0) is 83.8 Å². The molecule has 0 bridgehead atoms. The molecule has 10 heteroatoms. The second-order valence-electron chi connectivity index (χ2n) is 12.1. The van der Waals surface area contributed by atoms with Gasteiger partial charge in [-0.15, -0.1) is 0 Å². The minimum Gasteiger partial charge on any atom is -0.493 e. The fourth-order valence-electron chi connectivity index (χ4n) is 6.28. The van der Waals surface area contributed by atoms with Gasteiger partial charge >= 0.3 is 0 Å². The summed E-state index contributed by atoms with van der Waals surface area (Å²) in [5, 5.41) is 5.65.